The molecule has 1 aliphatic heterocycles. The van der Waals surface area contributed by atoms with Crippen molar-refractivity contribution in [3.05, 3.63) is 42.0 Å². The molecule has 0 aromatic heterocycles. The van der Waals surface area contributed by atoms with Crippen LogP contribution < -0.4 is 32.4 Å². The summed E-state index contributed by atoms with van der Waals surface area (Å²) in [4.78, 5) is 74.9. The van der Waals surface area contributed by atoms with E-state index >= 15 is 0 Å². The number of anilines is 1. The lowest BCUT2D eigenvalue weighted by atomic mass is 10.0. The quantitative estimate of drug-likeness (QED) is 0.112. The van der Waals surface area contributed by atoms with Gasteiger partial charge < -0.3 is 36.6 Å². The molecule has 0 unspecified atom stereocenters. The number of likely N-dealkylation sites (N-methyl/N-ethyl adjacent to an activating group) is 2. The molecule has 230 valence electrons. The van der Waals surface area contributed by atoms with E-state index in [2.05, 4.69) is 26.7 Å². The lowest BCUT2D eigenvalue weighted by molar-refractivity contribution is -0.143. The van der Waals surface area contributed by atoms with E-state index in [9.17, 15) is 28.8 Å². The smallest absolute Gasteiger partial charge is 0.409 e. The van der Waals surface area contributed by atoms with Crippen LogP contribution in [0.25, 0.3) is 0 Å². The molecule has 15 heteroatoms. The van der Waals surface area contributed by atoms with Crippen LogP contribution in [0.3, 0.4) is 0 Å². The third kappa shape index (κ3) is 10.8. The molecule has 0 spiro atoms. The summed E-state index contributed by atoms with van der Waals surface area (Å²) < 4.78 is 5.29. The first kappa shape index (κ1) is 33.7. The van der Waals surface area contributed by atoms with Crippen molar-refractivity contribution in [2.45, 2.75) is 45.4 Å². The molecule has 0 bridgehead atoms. The summed E-state index contributed by atoms with van der Waals surface area (Å²) in [5.41, 5.74) is 8.90. The van der Waals surface area contributed by atoms with Crippen LogP contribution in [-0.4, -0.2) is 91.5 Å². The molecule has 0 fully saturated rings. The minimum Gasteiger partial charge on any atom is -0.445 e. The molecular formula is C27H40N8O7. The number of hydrazine groups is 1. The third-order valence-corrected chi connectivity index (χ3v) is 6.22. The molecule has 1 aromatic carbocycles. The van der Waals surface area contributed by atoms with Gasteiger partial charge >= 0.3 is 12.1 Å². The summed E-state index contributed by atoms with van der Waals surface area (Å²) in [5, 5.41) is 11.6. The highest BCUT2D eigenvalue weighted by molar-refractivity contribution is 6.12. The zero-order valence-corrected chi connectivity index (χ0v) is 24.3. The van der Waals surface area contributed by atoms with Crippen LogP contribution >= 0.6 is 0 Å². The Kier molecular flexibility index (Phi) is 13.4. The van der Waals surface area contributed by atoms with E-state index in [0.29, 0.717) is 30.8 Å². The Hall–Kier alpha value is -4.50. The number of benzene rings is 1. The van der Waals surface area contributed by atoms with Crippen LogP contribution in [0.2, 0.25) is 0 Å². The number of ether oxygens (including phenoxy) is 1. The predicted octanol–water partition coefficient (Wildman–Crippen LogP) is -0.200. The number of carbonyl (C=O) groups excluding carboxylic acids is 6. The number of nitrogens with two attached hydrogens (primary N) is 1. The second-order valence-corrected chi connectivity index (χ2v) is 9.96. The SMILES string of the molecule is CNCCN(C)C(=O)OCc1ccc(NC(=O)[C@H](CCCNC(N)=O)NC(=O)[C@@H](NN2C(=O)C=CC2=O)C(C)C)cc1. The third-order valence-electron chi connectivity index (χ3n) is 6.22. The molecule has 0 radical (unpaired) electrons. The number of carbonyl (C=O) groups is 6. The number of hydrogen-bond acceptors (Lipinski definition) is 9. The highest BCUT2D eigenvalue weighted by Gasteiger charge is 2.33. The molecular weight excluding hydrogens is 548 g/mol. The molecule has 0 saturated carbocycles. The van der Waals surface area contributed by atoms with Crippen LogP contribution in [0, 0.1) is 5.92 Å². The Morgan fingerprint density at radius 1 is 1.00 bits per heavy atom. The molecule has 1 aromatic rings. The number of amides is 7. The summed E-state index contributed by atoms with van der Waals surface area (Å²) in [6, 6.07) is 3.91. The van der Waals surface area contributed by atoms with Gasteiger partial charge in [-0.25, -0.2) is 20.0 Å². The van der Waals surface area contributed by atoms with Crippen LogP contribution in [-0.2, 0) is 30.5 Å². The first-order valence-corrected chi connectivity index (χ1v) is 13.5. The maximum Gasteiger partial charge on any atom is 0.409 e. The lowest BCUT2D eigenvalue weighted by Crippen LogP contribution is -2.58. The van der Waals surface area contributed by atoms with Gasteiger partial charge in [-0.05, 0) is 43.5 Å². The van der Waals surface area contributed by atoms with E-state index in [1.807, 2.05) is 0 Å². The van der Waals surface area contributed by atoms with E-state index in [1.54, 1.807) is 52.2 Å². The number of imide groups is 1. The summed E-state index contributed by atoms with van der Waals surface area (Å²) in [7, 11) is 3.43. The molecule has 0 saturated heterocycles. The first-order chi connectivity index (χ1) is 19.9. The summed E-state index contributed by atoms with van der Waals surface area (Å²) in [5.74, 6) is -2.69. The van der Waals surface area contributed by atoms with E-state index in [1.165, 1.54) is 4.90 Å². The van der Waals surface area contributed by atoms with Crippen molar-refractivity contribution in [3.63, 3.8) is 0 Å². The van der Waals surface area contributed by atoms with Crippen molar-refractivity contribution in [1.82, 2.24) is 31.3 Å². The molecule has 0 aliphatic carbocycles. The van der Waals surface area contributed by atoms with Gasteiger partial charge in [-0.2, -0.15) is 0 Å². The largest absolute Gasteiger partial charge is 0.445 e. The van der Waals surface area contributed by atoms with Crippen LogP contribution in [0.1, 0.15) is 32.3 Å². The number of urea groups is 1. The Morgan fingerprint density at radius 2 is 1.64 bits per heavy atom. The van der Waals surface area contributed by atoms with Crippen LogP contribution in [0.15, 0.2) is 36.4 Å². The number of rotatable bonds is 16. The van der Waals surface area contributed by atoms with E-state index < -0.39 is 47.8 Å². The average Bonchev–Trinajstić information content (AvgIpc) is 3.26. The molecule has 2 atom stereocenters. The number of primary amides is 1. The summed E-state index contributed by atoms with van der Waals surface area (Å²) in [6.07, 6.45) is 2.19. The van der Waals surface area contributed by atoms with Gasteiger partial charge in [0.05, 0.1) is 0 Å². The zero-order chi connectivity index (χ0) is 31.2. The second kappa shape index (κ2) is 16.7. The molecule has 2 rings (SSSR count). The Labute approximate surface area is 244 Å². The van der Waals surface area contributed by atoms with Gasteiger partial charge in [0.2, 0.25) is 11.8 Å². The topological polar surface area (TPSA) is 204 Å². The Balaban J connectivity index is 2.04. The molecule has 42 heavy (non-hydrogen) atoms. The average molecular weight is 589 g/mol. The van der Waals surface area contributed by atoms with Crippen LogP contribution in [0.5, 0.6) is 0 Å². The molecule has 15 nitrogen and oxygen atoms in total. The van der Waals surface area contributed by atoms with Crippen molar-refractivity contribution in [1.29, 1.82) is 0 Å². The van der Waals surface area contributed by atoms with Gasteiger partial charge in [0, 0.05) is 44.5 Å². The minimum atomic E-state index is -1.02. The highest BCUT2D eigenvalue weighted by atomic mass is 16.6. The van der Waals surface area contributed by atoms with E-state index in [0.717, 1.165) is 17.2 Å². The van der Waals surface area contributed by atoms with Gasteiger partial charge in [0.25, 0.3) is 11.8 Å². The fourth-order valence-corrected chi connectivity index (χ4v) is 3.76. The maximum atomic E-state index is 13.2. The van der Waals surface area contributed by atoms with E-state index in [4.69, 9.17) is 10.5 Å². The van der Waals surface area contributed by atoms with Gasteiger partial charge in [-0.1, -0.05) is 26.0 Å². The van der Waals surface area contributed by atoms with Crippen LogP contribution in [0.4, 0.5) is 15.3 Å². The lowest BCUT2D eigenvalue weighted by Gasteiger charge is -2.28. The monoisotopic (exact) mass is 588 g/mol. The fourth-order valence-electron chi connectivity index (χ4n) is 3.76. The van der Waals surface area contributed by atoms with Gasteiger partial charge in [-0.15, -0.1) is 0 Å². The molecule has 1 aliphatic rings. The summed E-state index contributed by atoms with van der Waals surface area (Å²) >= 11 is 0. The van der Waals surface area contributed by atoms with Crippen molar-refractivity contribution in [2.24, 2.45) is 11.7 Å². The summed E-state index contributed by atoms with van der Waals surface area (Å²) in [6.45, 7) is 4.80. The normalized spacial score (nSPS) is 14.0. The minimum absolute atomic E-state index is 0.0453. The number of hydrogen-bond donors (Lipinski definition) is 6. The Bertz CT molecular complexity index is 1140. The predicted molar refractivity (Wildman–Crippen MR) is 153 cm³/mol. The number of nitrogens with zero attached hydrogens (tertiary/aromatic N) is 2. The Morgan fingerprint density at radius 3 is 2.21 bits per heavy atom. The fraction of sp³-hybridized carbons (Fsp3) is 0.481. The first-order valence-electron chi connectivity index (χ1n) is 13.5. The van der Waals surface area contributed by atoms with Gasteiger partial charge in [0.15, 0.2) is 0 Å². The molecule has 7 N–H and O–H groups in total. The van der Waals surface area contributed by atoms with Gasteiger partial charge in [-0.3, -0.25) is 19.2 Å². The van der Waals surface area contributed by atoms with Crippen molar-refractivity contribution < 1.29 is 33.5 Å². The van der Waals surface area contributed by atoms with Crippen molar-refractivity contribution >= 4 is 41.4 Å². The van der Waals surface area contributed by atoms with E-state index in [-0.39, 0.29) is 25.5 Å². The van der Waals surface area contributed by atoms with Crippen molar-refractivity contribution in [3.8, 4) is 0 Å². The second-order valence-electron chi connectivity index (χ2n) is 9.96. The standard InChI is InChI=1S/C27H40N8O7/c1-17(2)23(33-35-21(36)11-12-22(35)37)25(39)32-20(6-5-13-30-26(28)40)24(38)31-19-9-7-18(8-10-19)16-42-27(41)34(4)15-14-29-3/h7-12,17,20,23,29,33H,5-6,13-16H2,1-4H3,(H,31,38)(H,32,39)(H3,28,30,40)/t20-,23-/m0/s1. The van der Waals surface area contributed by atoms with Crippen molar-refractivity contribution in [2.75, 3.05) is 39.0 Å². The molecule has 1 heterocycles. The molecule has 7 amide bonds. The zero-order valence-electron chi connectivity index (χ0n) is 24.3. The highest BCUT2D eigenvalue weighted by Crippen LogP contribution is 2.13. The van der Waals surface area contributed by atoms with Gasteiger partial charge in [0.1, 0.15) is 18.7 Å². The number of nitrogens with one attached hydrogen (secondary N) is 5. The maximum absolute atomic E-state index is 13.2.